The third kappa shape index (κ3) is 8.75. The van der Waals surface area contributed by atoms with Gasteiger partial charge in [-0.25, -0.2) is 4.79 Å². The number of primary amides is 1. The molecule has 0 spiro atoms. The van der Waals surface area contributed by atoms with Crippen LogP contribution in [0.25, 0.3) is 11.1 Å². The van der Waals surface area contributed by atoms with E-state index in [4.69, 9.17) is 5.73 Å². The van der Waals surface area contributed by atoms with Crippen molar-refractivity contribution in [2.75, 3.05) is 19.3 Å². The van der Waals surface area contributed by atoms with Crippen molar-refractivity contribution in [3.63, 3.8) is 0 Å². The Morgan fingerprint density at radius 2 is 1.50 bits per heavy atom. The van der Waals surface area contributed by atoms with Gasteiger partial charge in [-0.15, -0.1) is 0 Å². The quantitative estimate of drug-likeness (QED) is 0.480. The van der Waals surface area contributed by atoms with Crippen molar-refractivity contribution in [3.8, 4) is 11.1 Å². The van der Waals surface area contributed by atoms with Crippen molar-refractivity contribution < 1.29 is 14.4 Å². The second-order valence-corrected chi connectivity index (χ2v) is 8.31. The molecule has 0 atom stereocenters. The third-order valence-corrected chi connectivity index (χ3v) is 5.34. The van der Waals surface area contributed by atoms with Crippen molar-refractivity contribution in [2.24, 2.45) is 5.73 Å². The molecule has 0 bridgehead atoms. The van der Waals surface area contributed by atoms with Gasteiger partial charge in [0, 0.05) is 17.9 Å². The van der Waals surface area contributed by atoms with Crippen LogP contribution < -0.4 is 11.1 Å². The zero-order valence-electron chi connectivity index (χ0n) is 19.6. The number of benzene rings is 3. The highest BCUT2D eigenvalue weighted by Gasteiger charge is 2.22. The smallest absolute Gasteiger partial charge is 0.324 e. The number of thioether (sulfide) groups is 1. The van der Waals surface area contributed by atoms with Crippen molar-refractivity contribution in [2.45, 2.75) is 19.1 Å². The summed E-state index contributed by atoms with van der Waals surface area (Å²) in [5.74, 6) is 0.0471. The van der Waals surface area contributed by atoms with Crippen LogP contribution in [0, 0.1) is 0 Å². The number of urea groups is 1. The van der Waals surface area contributed by atoms with Gasteiger partial charge in [0.05, 0.1) is 6.54 Å². The van der Waals surface area contributed by atoms with Gasteiger partial charge < -0.3 is 11.1 Å². The van der Waals surface area contributed by atoms with Crippen LogP contribution in [0.5, 0.6) is 0 Å². The standard InChI is InChI=1S/C19H21N3O3.C8H10S/c1-2-11-22(19(25)21-13-17(20)23)18(24)16-10-6-9-15(12-16)14-7-4-3-5-8-14;1-9-7-8-5-3-2-4-6-8/h3-10,12H,2,11,13H2,1H3,(H2,20,23)(H,21,25);2-6H,7H2,1H3. The van der Waals surface area contributed by atoms with E-state index in [-0.39, 0.29) is 13.1 Å². The van der Waals surface area contributed by atoms with Crippen molar-refractivity contribution in [3.05, 3.63) is 96.1 Å². The molecule has 0 fully saturated rings. The molecule has 0 aromatic heterocycles. The van der Waals surface area contributed by atoms with Gasteiger partial charge in [0.25, 0.3) is 5.91 Å². The lowest BCUT2D eigenvalue weighted by atomic mass is 10.0. The lowest BCUT2D eigenvalue weighted by Gasteiger charge is -2.20. The number of rotatable bonds is 8. The van der Waals surface area contributed by atoms with Gasteiger partial charge in [0.15, 0.2) is 0 Å². The Bertz CT molecular complexity index is 1060. The van der Waals surface area contributed by atoms with E-state index in [1.807, 2.05) is 61.2 Å². The molecule has 34 heavy (non-hydrogen) atoms. The van der Waals surface area contributed by atoms with Crippen LogP contribution in [-0.4, -0.2) is 42.1 Å². The van der Waals surface area contributed by atoms with Gasteiger partial charge in [-0.05, 0) is 41.5 Å². The molecular formula is C27H31N3O3S. The van der Waals surface area contributed by atoms with Crippen LogP contribution in [0.15, 0.2) is 84.9 Å². The van der Waals surface area contributed by atoms with Crippen molar-refractivity contribution in [1.82, 2.24) is 10.2 Å². The summed E-state index contributed by atoms with van der Waals surface area (Å²) in [4.78, 5) is 36.9. The lowest BCUT2D eigenvalue weighted by Crippen LogP contribution is -2.46. The van der Waals surface area contributed by atoms with E-state index < -0.39 is 17.8 Å². The highest BCUT2D eigenvalue weighted by Crippen LogP contribution is 2.21. The topological polar surface area (TPSA) is 92.5 Å². The number of carbonyl (C=O) groups is 3. The summed E-state index contributed by atoms with van der Waals surface area (Å²) in [5, 5.41) is 2.36. The highest BCUT2D eigenvalue weighted by molar-refractivity contribution is 7.97. The average molecular weight is 478 g/mol. The van der Waals surface area contributed by atoms with Gasteiger partial charge in [-0.1, -0.05) is 79.7 Å². The Morgan fingerprint density at radius 1 is 0.882 bits per heavy atom. The number of carbonyl (C=O) groups excluding carboxylic acids is 3. The number of imide groups is 1. The zero-order valence-corrected chi connectivity index (χ0v) is 20.4. The summed E-state index contributed by atoms with van der Waals surface area (Å²) in [6, 6.07) is 26.6. The Balaban J connectivity index is 0.000000379. The second-order valence-electron chi connectivity index (χ2n) is 7.45. The fraction of sp³-hybridized carbons (Fsp3) is 0.222. The van der Waals surface area contributed by atoms with E-state index in [0.29, 0.717) is 12.0 Å². The summed E-state index contributed by atoms with van der Waals surface area (Å²) < 4.78 is 0. The molecule has 0 radical (unpaired) electrons. The monoisotopic (exact) mass is 477 g/mol. The summed E-state index contributed by atoms with van der Waals surface area (Å²) in [7, 11) is 0. The molecule has 3 rings (SSSR count). The van der Waals surface area contributed by atoms with Crippen LogP contribution in [0.3, 0.4) is 0 Å². The Labute approximate surface area is 205 Å². The van der Waals surface area contributed by atoms with E-state index in [9.17, 15) is 14.4 Å². The second kappa shape index (κ2) is 14.5. The maximum atomic E-state index is 12.8. The normalized spacial score (nSPS) is 9.94. The fourth-order valence-corrected chi connectivity index (χ4v) is 3.66. The van der Waals surface area contributed by atoms with E-state index >= 15 is 0 Å². The summed E-state index contributed by atoms with van der Waals surface area (Å²) in [5.41, 5.74) is 8.72. The van der Waals surface area contributed by atoms with Crippen LogP contribution in [0.1, 0.15) is 29.3 Å². The van der Waals surface area contributed by atoms with E-state index in [1.54, 1.807) is 18.2 Å². The molecule has 7 heteroatoms. The molecule has 0 saturated heterocycles. The minimum absolute atomic E-state index is 0.249. The molecule has 3 N–H and O–H groups in total. The van der Waals surface area contributed by atoms with Crippen LogP contribution in [0.4, 0.5) is 4.79 Å². The van der Waals surface area contributed by atoms with Crippen LogP contribution in [0.2, 0.25) is 0 Å². The molecule has 6 nitrogen and oxygen atoms in total. The van der Waals surface area contributed by atoms with Gasteiger partial charge in [0.1, 0.15) is 0 Å². The van der Waals surface area contributed by atoms with Gasteiger partial charge >= 0.3 is 6.03 Å². The molecule has 3 aromatic carbocycles. The number of nitrogens with zero attached hydrogens (tertiary/aromatic N) is 1. The first-order chi connectivity index (χ1) is 16.5. The molecular weight excluding hydrogens is 446 g/mol. The first kappa shape index (κ1) is 26.7. The molecule has 178 valence electrons. The summed E-state index contributed by atoms with van der Waals surface area (Å²) in [6.07, 6.45) is 2.72. The molecule has 0 aliphatic heterocycles. The molecule has 0 aliphatic rings. The molecule has 4 amide bonds. The highest BCUT2D eigenvalue weighted by atomic mass is 32.2. The Morgan fingerprint density at radius 3 is 2.09 bits per heavy atom. The van der Waals surface area contributed by atoms with Gasteiger partial charge in [0.2, 0.25) is 5.91 Å². The van der Waals surface area contributed by atoms with Crippen molar-refractivity contribution in [1.29, 1.82) is 0 Å². The minimum Gasteiger partial charge on any atom is -0.368 e. The van der Waals surface area contributed by atoms with Crippen LogP contribution >= 0.6 is 11.8 Å². The average Bonchev–Trinajstić information content (AvgIpc) is 2.87. The predicted molar refractivity (Wildman–Crippen MR) is 139 cm³/mol. The number of hydrogen-bond donors (Lipinski definition) is 2. The molecule has 3 aromatic rings. The van der Waals surface area contributed by atoms with Gasteiger partial charge in [-0.3, -0.25) is 14.5 Å². The Hall–Kier alpha value is -3.58. The number of nitrogens with two attached hydrogens (primary N) is 1. The predicted octanol–water partition coefficient (Wildman–Crippen LogP) is 4.95. The molecule has 0 aliphatic carbocycles. The molecule has 0 saturated carbocycles. The minimum atomic E-state index is -0.664. The Kier molecular flexibility index (Phi) is 11.4. The number of hydrogen-bond acceptors (Lipinski definition) is 4. The summed E-state index contributed by atoms with van der Waals surface area (Å²) >= 11 is 1.85. The third-order valence-electron chi connectivity index (χ3n) is 4.72. The first-order valence-electron chi connectivity index (χ1n) is 11.0. The number of nitrogens with one attached hydrogen (secondary N) is 1. The van der Waals surface area contributed by atoms with E-state index in [0.717, 1.165) is 21.8 Å². The van der Waals surface area contributed by atoms with Gasteiger partial charge in [-0.2, -0.15) is 11.8 Å². The van der Waals surface area contributed by atoms with E-state index in [2.05, 4.69) is 35.8 Å². The maximum absolute atomic E-state index is 12.8. The fourth-order valence-electron chi connectivity index (χ4n) is 3.14. The molecule has 0 unspecified atom stereocenters. The van der Waals surface area contributed by atoms with Crippen LogP contribution in [-0.2, 0) is 10.5 Å². The lowest BCUT2D eigenvalue weighted by molar-refractivity contribution is -0.117. The zero-order chi connectivity index (χ0) is 24.8. The van der Waals surface area contributed by atoms with Crippen molar-refractivity contribution >= 4 is 29.6 Å². The largest absolute Gasteiger partial charge is 0.368 e. The first-order valence-corrected chi connectivity index (χ1v) is 12.4. The SMILES string of the molecule is CCCN(C(=O)NCC(N)=O)C(=O)c1cccc(-c2ccccc2)c1.CSCc1ccccc1. The summed E-state index contributed by atoms with van der Waals surface area (Å²) in [6.45, 7) is 1.80. The number of amides is 4. The maximum Gasteiger partial charge on any atom is 0.324 e. The van der Waals surface area contributed by atoms with E-state index in [1.165, 1.54) is 5.56 Å². The molecule has 0 heterocycles.